The van der Waals surface area contributed by atoms with Crippen molar-refractivity contribution in [3.05, 3.63) is 71.4 Å². The van der Waals surface area contributed by atoms with E-state index in [9.17, 15) is 13.9 Å². The Balaban J connectivity index is 1.95. The summed E-state index contributed by atoms with van der Waals surface area (Å²) in [5, 5.41) is 15.3. The average Bonchev–Trinajstić information content (AvgIpc) is 3.09. The SMILES string of the molecule is Cc1nn(-c2ccccc2)c(Oc2ccc(F)cc2F)c1CN(CC(O)COC(C)(C)C)C(C)C. The zero-order chi connectivity index (χ0) is 25.8. The smallest absolute Gasteiger partial charge is 0.227 e. The van der Waals surface area contributed by atoms with Crippen LogP contribution >= 0.6 is 0 Å². The Morgan fingerprint density at radius 1 is 1.09 bits per heavy atom. The van der Waals surface area contributed by atoms with Crippen molar-refractivity contribution in [3.63, 3.8) is 0 Å². The van der Waals surface area contributed by atoms with Gasteiger partial charge in [-0.15, -0.1) is 0 Å². The largest absolute Gasteiger partial charge is 0.435 e. The van der Waals surface area contributed by atoms with Crippen LogP contribution in [0, 0.1) is 18.6 Å². The van der Waals surface area contributed by atoms with Crippen molar-refractivity contribution in [2.24, 2.45) is 0 Å². The van der Waals surface area contributed by atoms with Gasteiger partial charge in [0.05, 0.1) is 35.3 Å². The predicted octanol–water partition coefficient (Wildman–Crippen LogP) is 5.64. The molecule has 1 unspecified atom stereocenters. The maximum absolute atomic E-state index is 14.5. The van der Waals surface area contributed by atoms with E-state index in [-0.39, 0.29) is 24.0 Å². The van der Waals surface area contributed by atoms with Crippen LogP contribution in [0.3, 0.4) is 0 Å². The van der Waals surface area contributed by atoms with Crippen molar-refractivity contribution >= 4 is 0 Å². The quantitative estimate of drug-likeness (QED) is 0.401. The van der Waals surface area contributed by atoms with Gasteiger partial charge in [-0.1, -0.05) is 18.2 Å². The summed E-state index contributed by atoms with van der Waals surface area (Å²) in [5.41, 5.74) is 1.85. The third kappa shape index (κ3) is 7.34. The van der Waals surface area contributed by atoms with Crippen molar-refractivity contribution in [2.45, 2.75) is 65.8 Å². The zero-order valence-electron chi connectivity index (χ0n) is 21.3. The van der Waals surface area contributed by atoms with Gasteiger partial charge in [0.25, 0.3) is 0 Å². The molecule has 0 fully saturated rings. The van der Waals surface area contributed by atoms with Gasteiger partial charge in [0, 0.05) is 25.2 Å². The molecule has 1 heterocycles. The summed E-state index contributed by atoms with van der Waals surface area (Å²) in [7, 11) is 0. The standard InChI is InChI=1S/C27H35F2N3O3/c1-18(2)31(15-22(33)17-34-27(4,5)6)16-23-19(3)30-32(21-10-8-7-9-11-21)26(23)35-25-13-12-20(28)14-24(25)29/h7-14,18,22,33H,15-17H2,1-6H3. The molecule has 0 aliphatic carbocycles. The van der Waals surface area contributed by atoms with E-state index in [0.717, 1.165) is 23.4 Å². The molecule has 0 amide bonds. The molecule has 6 nitrogen and oxygen atoms in total. The molecule has 0 radical (unpaired) electrons. The second-order valence-corrected chi connectivity index (χ2v) is 9.89. The van der Waals surface area contributed by atoms with Crippen LogP contribution in [0.1, 0.15) is 45.9 Å². The summed E-state index contributed by atoms with van der Waals surface area (Å²) in [6, 6.07) is 12.7. The molecule has 190 valence electrons. The average molecular weight is 488 g/mol. The minimum atomic E-state index is -0.801. The van der Waals surface area contributed by atoms with Gasteiger partial charge in [0.2, 0.25) is 5.88 Å². The molecular weight excluding hydrogens is 452 g/mol. The van der Waals surface area contributed by atoms with Crippen molar-refractivity contribution in [3.8, 4) is 17.3 Å². The molecule has 0 bridgehead atoms. The van der Waals surface area contributed by atoms with E-state index >= 15 is 0 Å². The van der Waals surface area contributed by atoms with E-state index in [2.05, 4.69) is 10.00 Å². The van der Waals surface area contributed by atoms with Gasteiger partial charge < -0.3 is 14.6 Å². The second-order valence-electron chi connectivity index (χ2n) is 9.89. The minimum Gasteiger partial charge on any atom is -0.435 e. The third-order valence-electron chi connectivity index (χ3n) is 5.48. The molecule has 0 saturated carbocycles. The summed E-state index contributed by atoms with van der Waals surface area (Å²) < 4.78 is 41.4. The number of benzene rings is 2. The van der Waals surface area contributed by atoms with E-state index in [4.69, 9.17) is 9.47 Å². The molecule has 0 spiro atoms. The predicted molar refractivity (Wildman–Crippen MR) is 132 cm³/mol. The second kappa shape index (κ2) is 11.3. The number of aliphatic hydroxyl groups is 1. The Labute approximate surface area is 206 Å². The molecule has 1 N–H and O–H groups in total. The van der Waals surface area contributed by atoms with Gasteiger partial charge in [0.15, 0.2) is 11.6 Å². The summed E-state index contributed by atoms with van der Waals surface area (Å²) >= 11 is 0. The van der Waals surface area contributed by atoms with Crippen LogP contribution in [0.5, 0.6) is 11.6 Å². The first kappa shape index (κ1) is 26.8. The Kier molecular flexibility index (Phi) is 8.64. The van der Waals surface area contributed by atoms with Gasteiger partial charge in [-0.05, 0) is 65.8 Å². The lowest BCUT2D eigenvalue weighted by molar-refractivity contribution is -0.0587. The van der Waals surface area contributed by atoms with Crippen LogP contribution in [0.4, 0.5) is 8.78 Å². The molecule has 1 atom stereocenters. The van der Waals surface area contributed by atoms with Crippen molar-refractivity contribution in [2.75, 3.05) is 13.2 Å². The topological polar surface area (TPSA) is 59.8 Å². The van der Waals surface area contributed by atoms with Gasteiger partial charge in [-0.2, -0.15) is 5.10 Å². The van der Waals surface area contributed by atoms with Crippen molar-refractivity contribution < 1.29 is 23.4 Å². The molecule has 3 rings (SSSR count). The van der Waals surface area contributed by atoms with Crippen molar-refractivity contribution in [1.29, 1.82) is 0 Å². The maximum atomic E-state index is 14.5. The van der Waals surface area contributed by atoms with Crippen LogP contribution in [0.15, 0.2) is 48.5 Å². The maximum Gasteiger partial charge on any atom is 0.227 e. The van der Waals surface area contributed by atoms with Gasteiger partial charge in [-0.25, -0.2) is 13.5 Å². The first-order valence-corrected chi connectivity index (χ1v) is 11.8. The molecule has 3 aromatic rings. The normalized spacial score (nSPS) is 13.0. The highest BCUT2D eigenvalue weighted by Crippen LogP contribution is 2.33. The molecule has 0 aliphatic rings. The van der Waals surface area contributed by atoms with Crippen LogP contribution in [-0.4, -0.2) is 50.7 Å². The first-order valence-electron chi connectivity index (χ1n) is 11.8. The van der Waals surface area contributed by atoms with E-state index in [1.807, 2.05) is 71.9 Å². The minimum absolute atomic E-state index is 0.0918. The van der Waals surface area contributed by atoms with Crippen LogP contribution < -0.4 is 4.74 Å². The number of aliphatic hydroxyl groups excluding tert-OH is 1. The first-order chi connectivity index (χ1) is 16.4. The Hall–Kier alpha value is -2.81. The van der Waals surface area contributed by atoms with Gasteiger partial charge in [-0.3, -0.25) is 4.90 Å². The molecular formula is C27H35F2N3O3. The van der Waals surface area contributed by atoms with E-state index < -0.39 is 17.7 Å². The number of nitrogens with zero attached hydrogens (tertiary/aromatic N) is 3. The molecule has 0 saturated heterocycles. The van der Waals surface area contributed by atoms with E-state index in [1.54, 1.807) is 4.68 Å². The lowest BCUT2D eigenvalue weighted by Gasteiger charge is -2.30. The summed E-state index contributed by atoms with van der Waals surface area (Å²) in [4.78, 5) is 2.09. The molecule has 35 heavy (non-hydrogen) atoms. The number of para-hydroxylation sites is 1. The summed E-state index contributed by atoms with van der Waals surface area (Å²) in [6.45, 7) is 12.7. The molecule has 0 aliphatic heterocycles. The fourth-order valence-corrected chi connectivity index (χ4v) is 3.56. The highest BCUT2D eigenvalue weighted by molar-refractivity contribution is 5.43. The molecule has 2 aromatic carbocycles. The monoisotopic (exact) mass is 487 g/mol. The highest BCUT2D eigenvalue weighted by Gasteiger charge is 2.25. The fraction of sp³-hybridized carbons (Fsp3) is 0.444. The molecule has 1 aromatic heterocycles. The fourth-order valence-electron chi connectivity index (χ4n) is 3.56. The van der Waals surface area contributed by atoms with Gasteiger partial charge in [0.1, 0.15) is 5.82 Å². The molecule has 8 heteroatoms. The number of rotatable bonds is 10. The Bertz CT molecular complexity index is 1110. The number of hydrogen-bond acceptors (Lipinski definition) is 5. The number of hydrogen-bond donors (Lipinski definition) is 1. The zero-order valence-corrected chi connectivity index (χ0v) is 21.3. The van der Waals surface area contributed by atoms with Gasteiger partial charge >= 0.3 is 0 Å². The van der Waals surface area contributed by atoms with Crippen LogP contribution in [0.2, 0.25) is 0 Å². The van der Waals surface area contributed by atoms with Crippen LogP contribution in [-0.2, 0) is 11.3 Å². The van der Waals surface area contributed by atoms with E-state index in [1.165, 1.54) is 6.07 Å². The lowest BCUT2D eigenvalue weighted by atomic mass is 10.1. The number of aryl methyl sites for hydroxylation is 1. The highest BCUT2D eigenvalue weighted by atomic mass is 19.1. The van der Waals surface area contributed by atoms with Crippen molar-refractivity contribution in [1.82, 2.24) is 14.7 Å². The number of halogens is 2. The van der Waals surface area contributed by atoms with E-state index in [0.29, 0.717) is 24.7 Å². The third-order valence-corrected chi connectivity index (χ3v) is 5.48. The summed E-state index contributed by atoms with van der Waals surface area (Å²) in [5.74, 6) is -1.24. The number of aromatic nitrogens is 2. The lowest BCUT2D eigenvalue weighted by Crippen LogP contribution is -2.40. The Morgan fingerprint density at radius 3 is 2.37 bits per heavy atom. The van der Waals surface area contributed by atoms with Crippen LogP contribution in [0.25, 0.3) is 5.69 Å². The number of ether oxygens (including phenoxy) is 2. The Morgan fingerprint density at radius 2 is 1.77 bits per heavy atom. The summed E-state index contributed by atoms with van der Waals surface area (Å²) in [6.07, 6.45) is -0.694.